The highest BCUT2D eigenvalue weighted by molar-refractivity contribution is 6.54. The summed E-state index contributed by atoms with van der Waals surface area (Å²) in [6.07, 6.45) is 3.61. The molecule has 0 radical (unpaired) electrons. The molecule has 7 aromatic carbocycles. The molecule has 0 saturated carbocycles. The lowest BCUT2D eigenvalue weighted by Crippen LogP contribution is -2.17. The van der Waals surface area contributed by atoms with Crippen molar-refractivity contribution in [3.05, 3.63) is 205 Å². The van der Waals surface area contributed by atoms with Gasteiger partial charge in [0.15, 0.2) is 5.82 Å². The lowest BCUT2D eigenvalue weighted by Gasteiger charge is -2.19. The van der Waals surface area contributed by atoms with E-state index in [4.69, 9.17) is 25.8 Å². The molecule has 0 fully saturated rings. The molecule has 2 N–H and O–H groups in total. The Morgan fingerprint density at radius 2 is 0.776 bits per heavy atom. The Labute approximate surface area is 336 Å². The van der Waals surface area contributed by atoms with Gasteiger partial charge in [-0.1, -0.05) is 176 Å². The number of hydrogen-bond acceptors (Lipinski definition) is 5. The number of rotatable bonds is 7. The number of benzene rings is 7. The smallest absolute Gasteiger partial charge is 0.160 e. The number of pyridine rings is 1. The van der Waals surface area contributed by atoms with Crippen molar-refractivity contribution >= 4 is 28.4 Å². The maximum Gasteiger partial charge on any atom is 0.160 e. The number of hydrogen-bond donors (Lipinski definition) is 2. The molecule has 2 aromatic heterocycles. The van der Waals surface area contributed by atoms with Crippen LogP contribution in [0.5, 0.6) is 0 Å². The van der Waals surface area contributed by atoms with E-state index in [1.807, 2.05) is 54.6 Å². The van der Waals surface area contributed by atoms with Gasteiger partial charge in [0.2, 0.25) is 0 Å². The zero-order chi connectivity index (χ0) is 39.0. The molecule has 10 rings (SSSR count). The van der Waals surface area contributed by atoms with Crippen LogP contribution in [0.2, 0.25) is 0 Å². The molecule has 0 saturated heterocycles. The van der Waals surface area contributed by atoms with Crippen LogP contribution in [-0.2, 0) is 0 Å². The highest BCUT2D eigenvalue weighted by Crippen LogP contribution is 2.37. The number of fused-ring (bicyclic) bond motifs is 3. The summed E-state index contributed by atoms with van der Waals surface area (Å²) in [5.74, 6) is 0.662. The van der Waals surface area contributed by atoms with E-state index >= 15 is 0 Å². The van der Waals surface area contributed by atoms with Crippen LogP contribution in [0.3, 0.4) is 0 Å². The fraction of sp³-hybridized carbons (Fsp3) is 0. The fourth-order valence-corrected chi connectivity index (χ4v) is 7.70. The third-order valence-electron chi connectivity index (χ3n) is 10.8. The van der Waals surface area contributed by atoms with Crippen LogP contribution in [-0.4, -0.2) is 26.4 Å². The predicted molar refractivity (Wildman–Crippen MR) is 239 cm³/mol. The molecule has 0 atom stereocenters. The molecular weight excluding hydrogens is 707 g/mol. The van der Waals surface area contributed by atoms with Gasteiger partial charge in [-0.05, 0) is 57.7 Å². The molecule has 0 spiro atoms. The average Bonchev–Trinajstić information content (AvgIpc) is 3.30. The molecule has 5 heteroatoms. The zero-order valence-corrected chi connectivity index (χ0v) is 31.4. The zero-order valence-electron chi connectivity index (χ0n) is 31.4. The molecule has 9 aromatic rings. The molecule has 0 bridgehead atoms. The standard InChI is InChI=1S/C53H35N5/c54-46-31-30-45-50(51(46)55)44-29-28-43(32-49(44)56-52(45)41-14-8-3-9-15-41)38-18-24-40(25-19-38)48-33-47(39-22-16-36(17-23-39)34-10-4-1-5-11-34)57-53(58-48)42-26-20-37(21-27-42)35-12-6-2-7-13-35/h1-33,54-55H. The first-order valence-electron chi connectivity index (χ1n) is 19.3. The van der Waals surface area contributed by atoms with Gasteiger partial charge in [-0.2, -0.15) is 0 Å². The van der Waals surface area contributed by atoms with Crippen molar-refractivity contribution in [3.8, 4) is 78.5 Å². The van der Waals surface area contributed by atoms with Gasteiger partial charge in [-0.25, -0.2) is 15.0 Å². The molecule has 0 unspecified atom stereocenters. The summed E-state index contributed by atoms with van der Waals surface area (Å²) in [5, 5.41) is 18.1. The van der Waals surface area contributed by atoms with Gasteiger partial charge >= 0.3 is 0 Å². The highest BCUT2D eigenvalue weighted by atomic mass is 14.9. The minimum Gasteiger partial charge on any atom is -0.299 e. The van der Waals surface area contributed by atoms with E-state index in [-0.39, 0.29) is 11.4 Å². The van der Waals surface area contributed by atoms with Crippen LogP contribution < -0.4 is 0 Å². The lowest BCUT2D eigenvalue weighted by molar-refractivity contribution is 1.18. The minimum atomic E-state index is 0.197. The Morgan fingerprint density at radius 1 is 0.345 bits per heavy atom. The summed E-state index contributed by atoms with van der Waals surface area (Å²) in [7, 11) is 0. The van der Waals surface area contributed by atoms with Gasteiger partial charge in [-0.3, -0.25) is 10.8 Å². The SMILES string of the molecule is N=C1C=Cc2c(-c3ccccc3)nc3cc(-c4ccc(-c5cc(-c6ccc(-c7ccccc7)cc6)nc(-c6ccc(-c7ccccc7)cc6)n5)cc4)ccc3c2C1=N. The Bertz CT molecular complexity index is 2930. The molecule has 0 amide bonds. The summed E-state index contributed by atoms with van der Waals surface area (Å²) >= 11 is 0. The summed E-state index contributed by atoms with van der Waals surface area (Å²) in [6.45, 7) is 0. The Morgan fingerprint density at radius 3 is 1.31 bits per heavy atom. The number of aromatic nitrogens is 3. The topological polar surface area (TPSA) is 86.4 Å². The van der Waals surface area contributed by atoms with E-state index in [9.17, 15) is 0 Å². The normalized spacial score (nSPS) is 12.1. The maximum atomic E-state index is 8.86. The largest absolute Gasteiger partial charge is 0.299 e. The molecular formula is C53H35N5. The second kappa shape index (κ2) is 14.6. The van der Waals surface area contributed by atoms with E-state index in [0.29, 0.717) is 5.82 Å². The van der Waals surface area contributed by atoms with Gasteiger partial charge in [0.25, 0.3) is 0 Å². The third-order valence-corrected chi connectivity index (χ3v) is 10.8. The summed E-state index contributed by atoms with van der Waals surface area (Å²) < 4.78 is 0. The summed E-state index contributed by atoms with van der Waals surface area (Å²) in [4.78, 5) is 15.4. The first-order chi connectivity index (χ1) is 28.6. The number of nitrogens with zero attached hydrogens (tertiary/aromatic N) is 3. The average molecular weight is 742 g/mol. The van der Waals surface area contributed by atoms with Gasteiger partial charge in [0.1, 0.15) is 0 Å². The molecule has 272 valence electrons. The minimum absolute atomic E-state index is 0.197. The van der Waals surface area contributed by atoms with E-state index < -0.39 is 0 Å². The van der Waals surface area contributed by atoms with Gasteiger partial charge in [-0.15, -0.1) is 0 Å². The molecule has 2 heterocycles. The quantitative estimate of drug-likeness (QED) is 0.170. The van der Waals surface area contributed by atoms with Crippen molar-refractivity contribution in [1.29, 1.82) is 10.8 Å². The van der Waals surface area contributed by atoms with E-state index in [1.54, 1.807) is 6.08 Å². The van der Waals surface area contributed by atoms with Crippen molar-refractivity contribution in [2.45, 2.75) is 0 Å². The van der Waals surface area contributed by atoms with Crippen molar-refractivity contribution in [2.75, 3.05) is 0 Å². The van der Waals surface area contributed by atoms with Gasteiger partial charge in [0, 0.05) is 38.8 Å². The fourth-order valence-electron chi connectivity index (χ4n) is 7.70. The Kier molecular flexibility index (Phi) is 8.73. The van der Waals surface area contributed by atoms with Crippen molar-refractivity contribution in [2.24, 2.45) is 0 Å². The molecule has 0 aliphatic heterocycles. The van der Waals surface area contributed by atoms with Crippen LogP contribution in [0.4, 0.5) is 0 Å². The van der Waals surface area contributed by atoms with Crippen LogP contribution in [0.1, 0.15) is 11.1 Å². The van der Waals surface area contributed by atoms with Crippen molar-refractivity contribution in [1.82, 2.24) is 15.0 Å². The van der Waals surface area contributed by atoms with Crippen LogP contribution in [0.25, 0.3) is 95.5 Å². The lowest BCUT2D eigenvalue weighted by atomic mass is 9.87. The van der Waals surface area contributed by atoms with E-state index in [1.165, 1.54) is 11.1 Å². The maximum absolute atomic E-state index is 8.86. The Balaban J connectivity index is 1.03. The van der Waals surface area contributed by atoms with E-state index in [2.05, 4.69) is 140 Å². The van der Waals surface area contributed by atoms with E-state index in [0.717, 1.165) is 83.6 Å². The van der Waals surface area contributed by atoms with Crippen molar-refractivity contribution < 1.29 is 0 Å². The van der Waals surface area contributed by atoms with Gasteiger partial charge in [0.05, 0.1) is 34.0 Å². The third kappa shape index (κ3) is 6.51. The highest BCUT2D eigenvalue weighted by Gasteiger charge is 2.23. The van der Waals surface area contributed by atoms with Crippen LogP contribution in [0, 0.1) is 10.8 Å². The molecule has 1 aliphatic rings. The molecule has 5 nitrogen and oxygen atoms in total. The molecule has 1 aliphatic carbocycles. The molecule has 58 heavy (non-hydrogen) atoms. The van der Waals surface area contributed by atoms with Gasteiger partial charge < -0.3 is 0 Å². The summed E-state index contributed by atoms with van der Waals surface area (Å²) in [6, 6.07) is 64.6. The summed E-state index contributed by atoms with van der Waals surface area (Å²) in [5.41, 5.74) is 15.9. The second-order valence-electron chi connectivity index (χ2n) is 14.4. The van der Waals surface area contributed by atoms with Crippen molar-refractivity contribution in [3.63, 3.8) is 0 Å². The predicted octanol–water partition coefficient (Wildman–Crippen LogP) is 13.1. The first kappa shape index (κ1) is 34.6. The second-order valence-corrected chi connectivity index (χ2v) is 14.4. The first-order valence-corrected chi connectivity index (χ1v) is 19.3. The number of nitrogens with one attached hydrogen (secondary N) is 2. The van der Waals surface area contributed by atoms with Crippen LogP contribution >= 0.6 is 0 Å². The monoisotopic (exact) mass is 741 g/mol. The Hall–Kier alpha value is -7.89. The van der Waals surface area contributed by atoms with Crippen LogP contribution in [0.15, 0.2) is 194 Å². The number of allylic oxidation sites excluding steroid dienone is 1.